The van der Waals surface area contributed by atoms with E-state index >= 15 is 0 Å². The SMILES string of the molecule is O=C(Nc1ccccc1[N+](=O)[O-])c1cc(-c2ccc3c(c2)OCO3)n[nH]1. The Hall–Kier alpha value is -3.88. The first-order valence-corrected chi connectivity index (χ1v) is 7.62. The van der Waals surface area contributed by atoms with Crippen LogP contribution in [0.1, 0.15) is 10.5 Å². The van der Waals surface area contributed by atoms with Crippen LogP contribution >= 0.6 is 0 Å². The largest absolute Gasteiger partial charge is 0.454 e. The lowest BCUT2D eigenvalue weighted by Crippen LogP contribution is -2.13. The molecule has 2 aromatic carbocycles. The summed E-state index contributed by atoms with van der Waals surface area (Å²) in [5, 5.41) is 20.3. The number of H-pyrrole nitrogens is 1. The van der Waals surface area contributed by atoms with Crippen LogP contribution in [0.15, 0.2) is 48.5 Å². The van der Waals surface area contributed by atoms with Crippen molar-refractivity contribution in [1.29, 1.82) is 0 Å². The number of nitrogens with zero attached hydrogens (tertiary/aromatic N) is 2. The average molecular weight is 352 g/mol. The Morgan fingerprint density at radius 3 is 2.81 bits per heavy atom. The summed E-state index contributed by atoms with van der Waals surface area (Å²) in [5.41, 5.74) is 1.39. The maximum Gasteiger partial charge on any atom is 0.292 e. The van der Waals surface area contributed by atoms with Crippen molar-refractivity contribution >= 4 is 17.3 Å². The number of fused-ring (bicyclic) bond motifs is 1. The van der Waals surface area contributed by atoms with Gasteiger partial charge in [0.05, 0.1) is 10.6 Å². The number of carbonyl (C=O) groups excluding carboxylic acids is 1. The zero-order chi connectivity index (χ0) is 18.1. The van der Waals surface area contributed by atoms with Crippen LogP contribution in [0.25, 0.3) is 11.3 Å². The van der Waals surface area contributed by atoms with Gasteiger partial charge in [0.1, 0.15) is 11.4 Å². The van der Waals surface area contributed by atoms with Gasteiger partial charge in [-0.3, -0.25) is 20.0 Å². The summed E-state index contributed by atoms with van der Waals surface area (Å²) >= 11 is 0. The van der Waals surface area contributed by atoms with Gasteiger partial charge in [0.2, 0.25) is 6.79 Å². The fraction of sp³-hybridized carbons (Fsp3) is 0.0588. The predicted octanol–water partition coefficient (Wildman–Crippen LogP) is 2.97. The molecule has 9 nitrogen and oxygen atoms in total. The van der Waals surface area contributed by atoms with E-state index in [1.807, 2.05) is 0 Å². The Kier molecular flexibility index (Phi) is 3.73. The number of hydrogen-bond acceptors (Lipinski definition) is 6. The Bertz CT molecular complexity index is 1010. The number of para-hydroxylation sites is 2. The highest BCUT2D eigenvalue weighted by Crippen LogP contribution is 2.35. The highest BCUT2D eigenvalue weighted by molar-refractivity contribution is 6.04. The average Bonchev–Trinajstić information content (AvgIpc) is 3.30. The second-order valence-electron chi connectivity index (χ2n) is 5.46. The maximum absolute atomic E-state index is 12.4. The van der Waals surface area contributed by atoms with E-state index in [1.54, 1.807) is 30.3 Å². The standard InChI is InChI=1S/C17H12N4O5/c22-17(18-11-3-1-2-4-14(11)21(23)24)13-8-12(19-20-13)10-5-6-15-16(7-10)26-9-25-15/h1-8H,9H2,(H,18,22)(H,19,20). The van der Waals surface area contributed by atoms with E-state index in [1.165, 1.54) is 18.2 Å². The van der Waals surface area contributed by atoms with Crippen LogP contribution in [0.5, 0.6) is 11.5 Å². The predicted molar refractivity (Wildman–Crippen MR) is 91.2 cm³/mol. The zero-order valence-corrected chi connectivity index (χ0v) is 13.3. The number of amides is 1. The van der Waals surface area contributed by atoms with E-state index in [9.17, 15) is 14.9 Å². The summed E-state index contributed by atoms with van der Waals surface area (Å²) in [4.78, 5) is 22.9. The summed E-state index contributed by atoms with van der Waals surface area (Å²) in [7, 11) is 0. The van der Waals surface area contributed by atoms with Crippen LogP contribution in [0.4, 0.5) is 11.4 Å². The van der Waals surface area contributed by atoms with Crippen molar-refractivity contribution in [3.05, 3.63) is 64.3 Å². The molecular formula is C17H12N4O5. The topological polar surface area (TPSA) is 119 Å². The van der Waals surface area contributed by atoms with E-state index in [0.29, 0.717) is 17.2 Å². The number of nitro groups is 1. The molecule has 1 amide bonds. The van der Waals surface area contributed by atoms with Crippen LogP contribution in [0.2, 0.25) is 0 Å². The number of carbonyl (C=O) groups is 1. The first kappa shape index (κ1) is 15.6. The van der Waals surface area contributed by atoms with Crippen molar-refractivity contribution in [2.75, 3.05) is 12.1 Å². The molecular weight excluding hydrogens is 340 g/mol. The molecule has 9 heteroatoms. The van der Waals surface area contributed by atoms with Gasteiger partial charge < -0.3 is 14.8 Å². The summed E-state index contributed by atoms with van der Waals surface area (Å²) < 4.78 is 10.6. The molecule has 26 heavy (non-hydrogen) atoms. The van der Waals surface area contributed by atoms with Gasteiger partial charge in [-0.05, 0) is 30.3 Å². The number of aromatic nitrogens is 2. The molecule has 0 unspecified atom stereocenters. The lowest BCUT2D eigenvalue weighted by Gasteiger charge is -2.03. The fourth-order valence-corrected chi connectivity index (χ4v) is 2.57. The van der Waals surface area contributed by atoms with Gasteiger partial charge in [0.25, 0.3) is 11.6 Å². The van der Waals surface area contributed by atoms with Crippen LogP contribution in [-0.2, 0) is 0 Å². The summed E-state index contributed by atoms with van der Waals surface area (Å²) in [6.45, 7) is 0.170. The molecule has 0 aliphatic carbocycles. The van der Waals surface area contributed by atoms with E-state index in [4.69, 9.17) is 9.47 Å². The Labute approximate surface area is 146 Å². The summed E-state index contributed by atoms with van der Waals surface area (Å²) in [6, 6.07) is 12.8. The molecule has 0 saturated carbocycles. The van der Waals surface area contributed by atoms with Crippen molar-refractivity contribution in [2.45, 2.75) is 0 Å². The minimum Gasteiger partial charge on any atom is -0.454 e. The molecule has 0 fully saturated rings. The normalized spacial score (nSPS) is 12.0. The van der Waals surface area contributed by atoms with Crippen LogP contribution in [0.3, 0.4) is 0 Å². The van der Waals surface area contributed by atoms with Gasteiger partial charge in [-0.25, -0.2) is 0 Å². The molecule has 0 bridgehead atoms. The smallest absolute Gasteiger partial charge is 0.292 e. The molecule has 2 heterocycles. The van der Waals surface area contributed by atoms with E-state index < -0.39 is 10.8 Å². The third-order valence-corrected chi connectivity index (χ3v) is 3.84. The van der Waals surface area contributed by atoms with Crippen molar-refractivity contribution in [1.82, 2.24) is 10.2 Å². The Balaban J connectivity index is 1.57. The van der Waals surface area contributed by atoms with Crippen LogP contribution < -0.4 is 14.8 Å². The molecule has 0 atom stereocenters. The first-order valence-electron chi connectivity index (χ1n) is 7.62. The lowest BCUT2D eigenvalue weighted by molar-refractivity contribution is -0.383. The number of ether oxygens (including phenoxy) is 2. The number of nitrogens with one attached hydrogen (secondary N) is 2. The molecule has 130 valence electrons. The number of nitro benzene ring substituents is 1. The van der Waals surface area contributed by atoms with Crippen LogP contribution in [-0.4, -0.2) is 27.8 Å². The van der Waals surface area contributed by atoms with Crippen LogP contribution in [0, 0.1) is 10.1 Å². The minimum absolute atomic E-state index is 0.113. The molecule has 0 radical (unpaired) electrons. The molecule has 1 aliphatic heterocycles. The minimum atomic E-state index is -0.555. The number of benzene rings is 2. The van der Waals surface area contributed by atoms with Crippen molar-refractivity contribution < 1.29 is 19.2 Å². The van der Waals surface area contributed by atoms with Crippen molar-refractivity contribution in [3.8, 4) is 22.8 Å². The second kappa shape index (κ2) is 6.20. The number of anilines is 1. The van der Waals surface area contributed by atoms with E-state index in [2.05, 4.69) is 15.5 Å². The third-order valence-electron chi connectivity index (χ3n) is 3.84. The fourth-order valence-electron chi connectivity index (χ4n) is 2.57. The number of hydrogen-bond donors (Lipinski definition) is 2. The summed E-state index contributed by atoms with van der Waals surface area (Å²) in [6.07, 6.45) is 0. The molecule has 4 rings (SSSR count). The first-order chi connectivity index (χ1) is 12.6. The zero-order valence-electron chi connectivity index (χ0n) is 13.3. The highest BCUT2D eigenvalue weighted by Gasteiger charge is 2.19. The molecule has 0 saturated heterocycles. The van der Waals surface area contributed by atoms with Gasteiger partial charge in [-0.1, -0.05) is 12.1 Å². The Morgan fingerprint density at radius 1 is 1.15 bits per heavy atom. The van der Waals surface area contributed by atoms with E-state index in [0.717, 1.165) is 5.56 Å². The summed E-state index contributed by atoms with van der Waals surface area (Å²) in [5.74, 6) is 0.730. The molecule has 3 aromatic rings. The quantitative estimate of drug-likeness (QED) is 0.550. The van der Waals surface area contributed by atoms with Gasteiger partial charge >= 0.3 is 0 Å². The van der Waals surface area contributed by atoms with Gasteiger partial charge in [0.15, 0.2) is 11.5 Å². The van der Waals surface area contributed by atoms with Crippen molar-refractivity contribution in [3.63, 3.8) is 0 Å². The molecule has 1 aliphatic rings. The van der Waals surface area contributed by atoms with E-state index in [-0.39, 0.29) is 23.9 Å². The Morgan fingerprint density at radius 2 is 1.96 bits per heavy atom. The van der Waals surface area contributed by atoms with Gasteiger partial charge in [-0.2, -0.15) is 5.10 Å². The maximum atomic E-state index is 12.4. The molecule has 0 spiro atoms. The lowest BCUT2D eigenvalue weighted by atomic mass is 10.1. The second-order valence-corrected chi connectivity index (χ2v) is 5.46. The van der Waals surface area contributed by atoms with Gasteiger partial charge in [-0.15, -0.1) is 0 Å². The number of rotatable bonds is 4. The monoisotopic (exact) mass is 352 g/mol. The molecule has 1 aromatic heterocycles. The third kappa shape index (κ3) is 2.81. The van der Waals surface area contributed by atoms with Crippen molar-refractivity contribution in [2.24, 2.45) is 0 Å². The number of aromatic amines is 1. The highest BCUT2D eigenvalue weighted by atomic mass is 16.7. The molecule has 2 N–H and O–H groups in total. The van der Waals surface area contributed by atoms with Gasteiger partial charge in [0, 0.05) is 11.6 Å².